The third-order valence-corrected chi connectivity index (χ3v) is 4.03. The molecule has 0 spiro atoms. The Kier molecular flexibility index (Phi) is 7.63. The molecule has 5 heteroatoms. The van der Waals surface area contributed by atoms with Gasteiger partial charge in [-0.25, -0.2) is 0 Å². The molecule has 1 unspecified atom stereocenters. The number of hydrogen-bond acceptors (Lipinski definition) is 4. The minimum absolute atomic E-state index is 0.157. The molecule has 2 N–H and O–H groups in total. The van der Waals surface area contributed by atoms with Crippen molar-refractivity contribution >= 4 is 11.6 Å². The molecule has 0 aliphatic rings. The Morgan fingerprint density at radius 1 is 1.12 bits per heavy atom. The SMILES string of the molecule is CC(=O)Nc1ccccc1OCC(O)CN(Cc1ccccc1)C(C)C. The maximum Gasteiger partial charge on any atom is 0.221 e. The maximum atomic E-state index is 11.3. The second kappa shape index (κ2) is 9.94. The van der Waals surface area contributed by atoms with E-state index in [1.807, 2.05) is 30.3 Å². The van der Waals surface area contributed by atoms with Crippen LogP contribution in [0.2, 0.25) is 0 Å². The van der Waals surface area contributed by atoms with Crippen molar-refractivity contribution in [3.63, 3.8) is 0 Å². The standard InChI is InChI=1S/C21H28N2O3/c1-16(2)23(13-18-9-5-4-6-10-18)14-19(25)15-26-21-12-8-7-11-20(21)22-17(3)24/h4-12,16,19,25H,13-15H2,1-3H3,(H,22,24). The Morgan fingerprint density at radius 2 is 1.77 bits per heavy atom. The first-order valence-electron chi connectivity index (χ1n) is 8.91. The van der Waals surface area contributed by atoms with Gasteiger partial charge in [0.15, 0.2) is 0 Å². The molecule has 0 bridgehead atoms. The molecular formula is C21H28N2O3. The molecule has 0 radical (unpaired) electrons. The summed E-state index contributed by atoms with van der Waals surface area (Å²) in [5.74, 6) is 0.399. The predicted molar refractivity (Wildman–Crippen MR) is 104 cm³/mol. The summed E-state index contributed by atoms with van der Waals surface area (Å²) in [4.78, 5) is 13.5. The molecule has 5 nitrogen and oxygen atoms in total. The first-order valence-corrected chi connectivity index (χ1v) is 8.91. The van der Waals surface area contributed by atoms with E-state index in [2.05, 4.69) is 36.2 Å². The van der Waals surface area contributed by atoms with Crippen molar-refractivity contribution in [2.45, 2.75) is 39.5 Å². The lowest BCUT2D eigenvalue weighted by molar-refractivity contribution is -0.114. The van der Waals surface area contributed by atoms with Crippen LogP contribution in [-0.4, -0.2) is 41.2 Å². The molecule has 0 aliphatic heterocycles. The maximum absolute atomic E-state index is 11.3. The average molecular weight is 356 g/mol. The number of para-hydroxylation sites is 2. The molecular weight excluding hydrogens is 328 g/mol. The Bertz CT molecular complexity index is 689. The van der Waals surface area contributed by atoms with Crippen LogP contribution < -0.4 is 10.1 Å². The van der Waals surface area contributed by atoms with Gasteiger partial charge in [-0.05, 0) is 31.5 Å². The quantitative estimate of drug-likeness (QED) is 0.724. The first kappa shape index (κ1) is 19.9. The number of benzene rings is 2. The Hall–Kier alpha value is -2.37. The van der Waals surface area contributed by atoms with Crippen molar-refractivity contribution in [2.75, 3.05) is 18.5 Å². The van der Waals surface area contributed by atoms with Crippen LogP contribution in [0.25, 0.3) is 0 Å². The molecule has 1 atom stereocenters. The van der Waals surface area contributed by atoms with Gasteiger partial charge in [0, 0.05) is 26.1 Å². The van der Waals surface area contributed by atoms with E-state index in [1.165, 1.54) is 12.5 Å². The van der Waals surface area contributed by atoms with E-state index in [-0.39, 0.29) is 12.5 Å². The van der Waals surface area contributed by atoms with Crippen molar-refractivity contribution in [1.29, 1.82) is 0 Å². The van der Waals surface area contributed by atoms with Gasteiger partial charge in [0.05, 0.1) is 5.69 Å². The monoisotopic (exact) mass is 356 g/mol. The van der Waals surface area contributed by atoms with Crippen molar-refractivity contribution in [1.82, 2.24) is 4.90 Å². The largest absolute Gasteiger partial charge is 0.489 e. The molecule has 0 saturated carbocycles. The Balaban J connectivity index is 1.92. The topological polar surface area (TPSA) is 61.8 Å². The van der Waals surface area contributed by atoms with Crippen LogP contribution in [0.3, 0.4) is 0 Å². The molecule has 140 valence electrons. The minimum atomic E-state index is -0.633. The van der Waals surface area contributed by atoms with Crippen molar-refractivity contribution < 1.29 is 14.6 Å². The van der Waals surface area contributed by atoms with E-state index in [4.69, 9.17) is 4.74 Å². The van der Waals surface area contributed by atoms with Crippen LogP contribution in [0.4, 0.5) is 5.69 Å². The fourth-order valence-corrected chi connectivity index (χ4v) is 2.67. The van der Waals surface area contributed by atoms with E-state index in [0.29, 0.717) is 24.0 Å². The highest BCUT2D eigenvalue weighted by Crippen LogP contribution is 2.23. The zero-order chi connectivity index (χ0) is 18.9. The number of nitrogens with zero attached hydrogens (tertiary/aromatic N) is 1. The van der Waals surface area contributed by atoms with Gasteiger partial charge in [0.1, 0.15) is 18.5 Å². The number of aliphatic hydroxyl groups excluding tert-OH is 1. The number of carbonyl (C=O) groups excluding carboxylic acids is 1. The molecule has 0 fully saturated rings. The summed E-state index contributed by atoms with van der Waals surface area (Å²) < 4.78 is 5.74. The fourth-order valence-electron chi connectivity index (χ4n) is 2.67. The number of anilines is 1. The predicted octanol–water partition coefficient (Wildman–Crippen LogP) is 3.30. The van der Waals surface area contributed by atoms with Crippen molar-refractivity contribution in [2.24, 2.45) is 0 Å². The van der Waals surface area contributed by atoms with E-state index >= 15 is 0 Å². The van der Waals surface area contributed by atoms with Crippen LogP contribution in [0, 0.1) is 0 Å². The second-order valence-corrected chi connectivity index (χ2v) is 6.65. The lowest BCUT2D eigenvalue weighted by Crippen LogP contribution is -2.39. The highest BCUT2D eigenvalue weighted by atomic mass is 16.5. The Labute approximate surface area is 155 Å². The van der Waals surface area contributed by atoms with Gasteiger partial charge in [-0.15, -0.1) is 0 Å². The third-order valence-electron chi connectivity index (χ3n) is 4.03. The molecule has 2 aromatic rings. The zero-order valence-corrected chi connectivity index (χ0v) is 15.7. The van der Waals surface area contributed by atoms with Crippen LogP contribution in [0.1, 0.15) is 26.3 Å². The van der Waals surface area contributed by atoms with Crippen LogP contribution in [-0.2, 0) is 11.3 Å². The number of carbonyl (C=O) groups is 1. The summed E-state index contributed by atoms with van der Waals surface area (Å²) in [6.07, 6.45) is -0.633. The number of hydrogen-bond donors (Lipinski definition) is 2. The molecule has 26 heavy (non-hydrogen) atoms. The van der Waals surface area contributed by atoms with Crippen LogP contribution in [0.15, 0.2) is 54.6 Å². The summed E-state index contributed by atoms with van der Waals surface area (Å²) in [5, 5.41) is 13.2. The van der Waals surface area contributed by atoms with Crippen LogP contribution in [0.5, 0.6) is 5.75 Å². The number of aliphatic hydroxyl groups is 1. The number of nitrogens with one attached hydrogen (secondary N) is 1. The van der Waals surface area contributed by atoms with Gasteiger partial charge in [-0.3, -0.25) is 9.69 Å². The van der Waals surface area contributed by atoms with Gasteiger partial charge in [0.25, 0.3) is 0 Å². The zero-order valence-electron chi connectivity index (χ0n) is 15.7. The van der Waals surface area contributed by atoms with Gasteiger partial charge in [0.2, 0.25) is 5.91 Å². The molecule has 2 aromatic carbocycles. The normalized spacial score (nSPS) is 12.2. The van der Waals surface area contributed by atoms with Crippen molar-refractivity contribution in [3.05, 3.63) is 60.2 Å². The summed E-state index contributed by atoms with van der Waals surface area (Å²) >= 11 is 0. The van der Waals surface area contributed by atoms with Gasteiger partial charge < -0.3 is 15.2 Å². The number of rotatable bonds is 9. The second-order valence-electron chi connectivity index (χ2n) is 6.65. The molecule has 2 rings (SSSR count). The van der Waals surface area contributed by atoms with Gasteiger partial charge in [-0.2, -0.15) is 0 Å². The number of amides is 1. The highest BCUT2D eigenvalue weighted by Gasteiger charge is 2.16. The molecule has 0 saturated heterocycles. The summed E-state index contributed by atoms with van der Waals surface area (Å²) in [5.41, 5.74) is 1.82. The van der Waals surface area contributed by atoms with Crippen molar-refractivity contribution in [3.8, 4) is 5.75 Å². The molecule has 0 aromatic heterocycles. The fraction of sp³-hybridized carbons (Fsp3) is 0.381. The van der Waals surface area contributed by atoms with Gasteiger partial charge in [-0.1, -0.05) is 42.5 Å². The molecule has 0 aliphatic carbocycles. The third kappa shape index (κ3) is 6.50. The minimum Gasteiger partial charge on any atom is -0.489 e. The van der Waals surface area contributed by atoms with E-state index in [0.717, 1.165) is 6.54 Å². The Morgan fingerprint density at radius 3 is 2.42 bits per heavy atom. The first-order chi connectivity index (χ1) is 12.5. The average Bonchev–Trinajstić information content (AvgIpc) is 2.61. The van der Waals surface area contributed by atoms with E-state index < -0.39 is 6.10 Å². The summed E-state index contributed by atoms with van der Waals surface area (Å²) in [6, 6.07) is 17.7. The summed E-state index contributed by atoms with van der Waals surface area (Å²) in [7, 11) is 0. The van der Waals surface area contributed by atoms with Crippen LogP contribution >= 0.6 is 0 Å². The molecule has 0 heterocycles. The molecule has 1 amide bonds. The van der Waals surface area contributed by atoms with E-state index in [9.17, 15) is 9.90 Å². The van der Waals surface area contributed by atoms with Gasteiger partial charge >= 0.3 is 0 Å². The smallest absolute Gasteiger partial charge is 0.221 e. The lowest BCUT2D eigenvalue weighted by atomic mass is 10.1. The summed E-state index contributed by atoms with van der Waals surface area (Å²) in [6.45, 7) is 7.13. The van der Waals surface area contributed by atoms with E-state index in [1.54, 1.807) is 12.1 Å². The highest BCUT2D eigenvalue weighted by molar-refractivity contribution is 5.90. The lowest BCUT2D eigenvalue weighted by Gasteiger charge is -2.29. The number of ether oxygens (including phenoxy) is 1.